The standard InChI is InChI=1S/C12H12N4O3/c1-19-9-5-3-2-4-7(9)6-8-10(16-13)14-12(18)15-11(8)17/h2-6H,13H2,1H3,(H2,14,15,16,17,18). The highest BCUT2D eigenvalue weighted by molar-refractivity contribution is 6.32. The van der Waals surface area contributed by atoms with Gasteiger partial charge in [0.05, 0.1) is 12.7 Å². The number of ether oxygens (including phenoxy) is 1. The van der Waals surface area contributed by atoms with Crippen LogP contribution in [0.15, 0.2) is 34.9 Å². The normalized spacial score (nSPS) is 19.2. The lowest BCUT2D eigenvalue weighted by Crippen LogP contribution is -2.51. The molecule has 1 aliphatic rings. The summed E-state index contributed by atoms with van der Waals surface area (Å²) in [4.78, 5) is 22.9. The SMILES string of the molecule is COc1ccccc1C=C1C(=O)NC(=O)N/C1=N\N. The number of hydrazone groups is 1. The second-order valence-electron chi connectivity index (χ2n) is 3.69. The van der Waals surface area contributed by atoms with E-state index in [0.717, 1.165) is 0 Å². The molecule has 19 heavy (non-hydrogen) atoms. The van der Waals surface area contributed by atoms with Gasteiger partial charge < -0.3 is 10.6 Å². The predicted octanol–water partition coefficient (Wildman–Crippen LogP) is 0.190. The summed E-state index contributed by atoms with van der Waals surface area (Å²) in [6.07, 6.45) is 1.54. The summed E-state index contributed by atoms with van der Waals surface area (Å²) in [5.41, 5.74) is 0.832. The van der Waals surface area contributed by atoms with Crippen LogP contribution in [-0.4, -0.2) is 24.9 Å². The van der Waals surface area contributed by atoms with E-state index < -0.39 is 11.9 Å². The molecular weight excluding hydrogens is 248 g/mol. The molecule has 1 saturated heterocycles. The maximum Gasteiger partial charge on any atom is 0.327 e. The fourth-order valence-electron chi connectivity index (χ4n) is 1.66. The zero-order valence-electron chi connectivity index (χ0n) is 10.1. The van der Waals surface area contributed by atoms with E-state index in [9.17, 15) is 9.59 Å². The summed E-state index contributed by atoms with van der Waals surface area (Å²) >= 11 is 0. The first-order valence-corrected chi connectivity index (χ1v) is 5.41. The van der Waals surface area contributed by atoms with Crippen molar-refractivity contribution in [3.05, 3.63) is 35.4 Å². The molecule has 7 heteroatoms. The van der Waals surface area contributed by atoms with Crippen molar-refractivity contribution in [3.8, 4) is 5.75 Å². The number of para-hydroxylation sites is 1. The zero-order valence-corrected chi connectivity index (χ0v) is 10.1. The van der Waals surface area contributed by atoms with Crippen molar-refractivity contribution in [1.29, 1.82) is 0 Å². The highest BCUT2D eigenvalue weighted by Crippen LogP contribution is 2.21. The fraction of sp³-hybridized carbons (Fsp3) is 0.0833. The Hall–Kier alpha value is -2.83. The highest BCUT2D eigenvalue weighted by atomic mass is 16.5. The number of amides is 3. The lowest BCUT2D eigenvalue weighted by atomic mass is 10.1. The second-order valence-corrected chi connectivity index (χ2v) is 3.69. The van der Waals surface area contributed by atoms with Crippen molar-refractivity contribution < 1.29 is 14.3 Å². The number of hydrogen-bond acceptors (Lipinski definition) is 5. The maximum atomic E-state index is 11.8. The van der Waals surface area contributed by atoms with Gasteiger partial charge >= 0.3 is 6.03 Å². The van der Waals surface area contributed by atoms with Gasteiger partial charge in [-0.05, 0) is 12.1 Å². The van der Waals surface area contributed by atoms with Gasteiger partial charge in [-0.1, -0.05) is 18.2 Å². The molecule has 7 nitrogen and oxygen atoms in total. The largest absolute Gasteiger partial charge is 0.496 e. The van der Waals surface area contributed by atoms with Crippen LogP contribution < -0.4 is 21.2 Å². The number of carbonyl (C=O) groups is 2. The van der Waals surface area contributed by atoms with Gasteiger partial charge in [-0.2, -0.15) is 5.10 Å². The number of nitrogens with zero attached hydrogens (tertiary/aromatic N) is 1. The third kappa shape index (κ3) is 2.54. The molecule has 0 aliphatic carbocycles. The average molecular weight is 260 g/mol. The van der Waals surface area contributed by atoms with E-state index in [2.05, 4.69) is 15.7 Å². The van der Waals surface area contributed by atoms with Crippen molar-refractivity contribution in [1.82, 2.24) is 10.6 Å². The number of nitrogens with two attached hydrogens (primary N) is 1. The van der Waals surface area contributed by atoms with Crippen LogP contribution in [-0.2, 0) is 4.79 Å². The van der Waals surface area contributed by atoms with E-state index in [-0.39, 0.29) is 11.4 Å². The van der Waals surface area contributed by atoms with Crippen molar-refractivity contribution in [3.63, 3.8) is 0 Å². The molecule has 1 aromatic rings. The molecule has 0 bridgehead atoms. The van der Waals surface area contributed by atoms with Gasteiger partial charge in [-0.15, -0.1) is 0 Å². The van der Waals surface area contributed by atoms with Gasteiger partial charge in [0.25, 0.3) is 5.91 Å². The summed E-state index contributed by atoms with van der Waals surface area (Å²) in [5, 5.41) is 7.86. The Morgan fingerprint density at radius 2 is 2.00 bits per heavy atom. The minimum atomic E-state index is -0.661. The highest BCUT2D eigenvalue weighted by Gasteiger charge is 2.26. The van der Waals surface area contributed by atoms with Crippen molar-refractivity contribution in [2.45, 2.75) is 0 Å². The number of hydrogen-bond donors (Lipinski definition) is 3. The number of urea groups is 1. The zero-order chi connectivity index (χ0) is 13.8. The molecule has 0 unspecified atom stereocenters. The molecule has 1 aromatic carbocycles. The lowest BCUT2D eigenvalue weighted by molar-refractivity contribution is -0.116. The van der Waals surface area contributed by atoms with E-state index in [1.807, 2.05) is 6.07 Å². The number of methoxy groups -OCH3 is 1. The third-order valence-electron chi connectivity index (χ3n) is 2.53. The molecule has 2 rings (SSSR count). The Balaban J connectivity index is 2.46. The van der Waals surface area contributed by atoms with E-state index >= 15 is 0 Å². The average Bonchev–Trinajstić information content (AvgIpc) is 2.42. The maximum absolute atomic E-state index is 11.8. The van der Waals surface area contributed by atoms with Crippen LogP contribution in [0.5, 0.6) is 5.75 Å². The van der Waals surface area contributed by atoms with Crippen LogP contribution in [0.3, 0.4) is 0 Å². The number of nitrogens with one attached hydrogen (secondary N) is 2. The van der Waals surface area contributed by atoms with E-state index in [1.165, 1.54) is 7.11 Å². The number of benzene rings is 1. The molecule has 1 fully saturated rings. The summed E-state index contributed by atoms with van der Waals surface area (Å²) in [6.45, 7) is 0. The van der Waals surface area contributed by atoms with Gasteiger partial charge in [0, 0.05) is 5.56 Å². The van der Waals surface area contributed by atoms with Crippen LogP contribution in [0.4, 0.5) is 4.79 Å². The Morgan fingerprint density at radius 3 is 2.68 bits per heavy atom. The minimum absolute atomic E-state index is 0.0136. The third-order valence-corrected chi connectivity index (χ3v) is 2.53. The van der Waals surface area contributed by atoms with Crippen molar-refractivity contribution in [2.75, 3.05) is 7.11 Å². The molecular formula is C12H12N4O3. The van der Waals surface area contributed by atoms with Crippen molar-refractivity contribution >= 4 is 23.8 Å². The first-order chi connectivity index (χ1) is 9.15. The monoisotopic (exact) mass is 260 g/mol. The van der Waals surface area contributed by atoms with Crippen LogP contribution in [0.25, 0.3) is 6.08 Å². The number of carbonyl (C=O) groups excluding carboxylic acids is 2. The van der Waals surface area contributed by atoms with Crippen LogP contribution in [0.1, 0.15) is 5.56 Å². The van der Waals surface area contributed by atoms with Crippen LogP contribution in [0, 0.1) is 0 Å². The molecule has 0 saturated carbocycles. The summed E-state index contributed by atoms with van der Waals surface area (Å²) in [5.74, 6) is 5.20. The van der Waals surface area contributed by atoms with Gasteiger partial charge in [-0.3, -0.25) is 15.4 Å². The van der Waals surface area contributed by atoms with Crippen LogP contribution >= 0.6 is 0 Å². The molecule has 0 radical (unpaired) electrons. The Kier molecular flexibility index (Phi) is 3.46. The van der Waals surface area contributed by atoms with Gasteiger partial charge in [0.15, 0.2) is 5.84 Å². The summed E-state index contributed by atoms with van der Waals surface area (Å²) in [7, 11) is 1.53. The summed E-state index contributed by atoms with van der Waals surface area (Å²) < 4.78 is 5.18. The van der Waals surface area contributed by atoms with E-state index in [0.29, 0.717) is 11.3 Å². The fourth-order valence-corrected chi connectivity index (χ4v) is 1.66. The molecule has 1 heterocycles. The molecule has 4 N–H and O–H groups in total. The molecule has 0 aromatic heterocycles. The Bertz CT molecular complexity index is 592. The Labute approximate surface area is 109 Å². The first kappa shape index (κ1) is 12.6. The molecule has 1 aliphatic heterocycles. The number of amidine groups is 1. The van der Waals surface area contributed by atoms with Gasteiger partial charge in [-0.25, -0.2) is 4.79 Å². The van der Waals surface area contributed by atoms with Crippen LogP contribution in [0.2, 0.25) is 0 Å². The second kappa shape index (κ2) is 5.21. The number of rotatable bonds is 2. The van der Waals surface area contributed by atoms with Gasteiger partial charge in [0.1, 0.15) is 5.75 Å². The lowest BCUT2D eigenvalue weighted by Gasteiger charge is -2.17. The van der Waals surface area contributed by atoms with E-state index in [1.54, 1.807) is 24.3 Å². The molecule has 0 spiro atoms. The quantitative estimate of drug-likeness (QED) is 0.401. The Morgan fingerprint density at radius 1 is 1.26 bits per heavy atom. The minimum Gasteiger partial charge on any atom is -0.496 e. The van der Waals surface area contributed by atoms with Gasteiger partial charge in [0.2, 0.25) is 0 Å². The topological polar surface area (TPSA) is 106 Å². The smallest absolute Gasteiger partial charge is 0.327 e. The van der Waals surface area contributed by atoms with Crippen molar-refractivity contribution in [2.24, 2.45) is 10.9 Å². The first-order valence-electron chi connectivity index (χ1n) is 5.41. The molecule has 0 atom stereocenters. The molecule has 98 valence electrons. The van der Waals surface area contributed by atoms with E-state index in [4.69, 9.17) is 10.6 Å². The molecule has 3 amide bonds. The number of imide groups is 1. The summed E-state index contributed by atoms with van der Waals surface area (Å²) in [6, 6.07) is 6.47. The predicted molar refractivity (Wildman–Crippen MR) is 69.3 cm³/mol.